The minimum Gasteiger partial charge on any atom is -0.371 e. The molecule has 0 bridgehead atoms. The van der Waals surface area contributed by atoms with Gasteiger partial charge in [-0.25, -0.2) is 0 Å². The first-order chi connectivity index (χ1) is 5.91. The number of halogens is 1. The average molecular weight is 314 g/mol. The lowest BCUT2D eigenvalue weighted by molar-refractivity contribution is 0.238. The topological polar surface area (TPSA) is 74.6 Å². The van der Waals surface area contributed by atoms with Crippen LogP contribution in [0.4, 0.5) is 0 Å². The van der Waals surface area contributed by atoms with Crippen molar-refractivity contribution in [2.45, 2.75) is 5.44 Å². The van der Waals surface area contributed by atoms with Crippen molar-refractivity contribution in [2.75, 3.05) is 0 Å². The van der Waals surface area contributed by atoms with Crippen LogP contribution >= 0.6 is 22.6 Å². The summed E-state index contributed by atoms with van der Waals surface area (Å²) in [4.78, 5) is 0. The van der Waals surface area contributed by atoms with Crippen LogP contribution in [-0.4, -0.2) is 18.1 Å². The molecule has 2 N–H and O–H groups in total. The molecule has 0 aliphatic rings. The highest BCUT2D eigenvalue weighted by molar-refractivity contribution is 14.1. The molecular formula is C7H7IO4S. The molecule has 13 heavy (non-hydrogen) atoms. The summed E-state index contributed by atoms with van der Waals surface area (Å²) in [6.45, 7) is 0. The Bertz CT molecular complexity index is 401. The fourth-order valence-electron chi connectivity index (χ4n) is 0.832. The zero-order valence-corrected chi connectivity index (χ0v) is 9.36. The molecule has 0 aromatic heterocycles. The average Bonchev–Trinajstić information content (AvgIpc) is 2.01. The van der Waals surface area contributed by atoms with Crippen molar-refractivity contribution in [3.63, 3.8) is 0 Å². The quantitative estimate of drug-likeness (QED) is 0.635. The van der Waals surface area contributed by atoms with E-state index in [1.54, 1.807) is 12.1 Å². The lowest BCUT2D eigenvalue weighted by Gasteiger charge is -2.06. The van der Waals surface area contributed by atoms with Crippen molar-refractivity contribution in [2.24, 2.45) is 0 Å². The molecule has 0 spiro atoms. The number of aliphatic hydroxyl groups excluding tert-OH is 1. The summed E-state index contributed by atoms with van der Waals surface area (Å²) in [7, 11) is -4.42. The van der Waals surface area contributed by atoms with Crippen molar-refractivity contribution >= 4 is 32.7 Å². The molecule has 0 aliphatic heterocycles. The van der Waals surface area contributed by atoms with E-state index < -0.39 is 15.6 Å². The normalized spacial score (nSPS) is 14.1. The number of aliphatic hydroxyl groups is 1. The first-order valence-electron chi connectivity index (χ1n) is 3.31. The van der Waals surface area contributed by atoms with E-state index >= 15 is 0 Å². The van der Waals surface area contributed by atoms with Crippen molar-refractivity contribution < 1.29 is 18.1 Å². The highest BCUT2D eigenvalue weighted by atomic mass is 127. The Balaban J connectivity index is 3.10. The third kappa shape index (κ3) is 2.90. The summed E-state index contributed by atoms with van der Waals surface area (Å²) in [5.41, 5.74) is -1.70. The highest BCUT2D eigenvalue weighted by Gasteiger charge is 2.21. The standard InChI is InChI=1S/C7H7IO4S/c8-6-3-1-2-5(4-6)7(9)13(10,11)12/h1-4,7,9H,(H,10,11,12). The van der Waals surface area contributed by atoms with Gasteiger partial charge in [0.2, 0.25) is 5.44 Å². The number of hydrogen-bond acceptors (Lipinski definition) is 3. The van der Waals surface area contributed by atoms with Crippen LogP contribution < -0.4 is 0 Å². The molecule has 6 heteroatoms. The number of rotatable bonds is 2. The van der Waals surface area contributed by atoms with Gasteiger partial charge in [0.05, 0.1) is 0 Å². The molecule has 72 valence electrons. The van der Waals surface area contributed by atoms with Crippen LogP contribution in [0.2, 0.25) is 0 Å². The van der Waals surface area contributed by atoms with Crippen molar-refractivity contribution in [1.82, 2.24) is 0 Å². The molecule has 4 nitrogen and oxygen atoms in total. The summed E-state index contributed by atoms with van der Waals surface area (Å²) in [6, 6.07) is 6.27. The minimum atomic E-state index is -4.42. The predicted octanol–water partition coefficient (Wildman–Crippen LogP) is 1.17. The Labute approximate surface area is 89.5 Å². The molecule has 1 rings (SSSR count). The van der Waals surface area contributed by atoms with Gasteiger partial charge in [0.25, 0.3) is 10.1 Å². The molecule has 1 unspecified atom stereocenters. The highest BCUT2D eigenvalue weighted by Crippen LogP contribution is 2.19. The molecule has 0 aliphatic carbocycles. The molecule has 0 amide bonds. The monoisotopic (exact) mass is 314 g/mol. The van der Waals surface area contributed by atoms with Gasteiger partial charge in [0.15, 0.2) is 0 Å². The molecule has 1 atom stereocenters. The molecule has 1 aromatic carbocycles. The van der Waals surface area contributed by atoms with Crippen LogP contribution in [0.25, 0.3) is 0 Å². The summed E-state index contributed by atoms with van der Waals surface area (Å²) in [5, 5.41) is 9.14. The molecule has 0 saturated carbocycles. The van der Waals surface area contributed by atoms with Gasteiger partial charge in [0, 0.05) is 3.57 Å². The van der Waals surface area contributed by atoms with E-state index in [1.165, 1.54) is 12.1 Å². The Hall–Kier alpha value is -0.180. The lowest BCUT2D eigenvalue weighted by Crippen LogP contribution is -2.11. The van der Waals surface area contributed by atoms with E-state index in [4.69, 9.17) is 9.66 Å². The first kappa shape index (κ1) is 10.9. The second-order valence-electron chi connectivity index (χ2n) is 2.42. The van der Waals surface area contributed by atoms with Gasteiger partial charge >= 0.3 is 0 Å². The van der Waals surface area contributed by atoms with Gasteiger partial charge in [-0.3, -0.25) is 4.55 Å². The van der Waals surface area contributed by atoms with Crippen LogP contribution in [0.1, 0.15) is 11.0 Å². The Kier molecular flexibility index (Phi) is 3.28. The Morgan fingerprint density at radius 3 is 2.46 bits per heavy atom. The summed E-state index contributed by atoms with van der Waals surface area (Å²) >= 11 is 1.98. The largest absolute Gasteiger partial charge is 0.371 e. The predicted molar refractivity (Wildman–Crippen MR) is 55.7 cm³/mol. The molecule has 0 saturated heterocycles. The van der Waals surface area contributed by atoms with Crippen molar-refractivity contribution in [3.8, 4) is 0 Å². The fourth-order valence-corrected chi connectivity index (χ4v) is 1.89. The summed E-state index contributed by atoms with van der Waals surface area (Å²) in [5.74, 6) is 0. The van der Waals surface area contributed by atoms with E-state index in [2.05, 4.69) is 0 Å². The van der Waals surface area contributed by atoms with Crippen LogP contribution in [0.3, 0.4) is 0 Å². The van der Waals surface area contributed by atoms with Gasteiger partial charge in [0.1, 0.15) is 0 Å². The van der Waals surface area contributed by atoms with Gasteiger partial charge in [-0.1, -0.05) is 12.1 Å². The molecule has 1 aromatic rings. The summed E-state index contributed by atoms with van der Waals surface area (Å²) < 4.78 is 30.4. The SMILES string of the molecule is O=S(=O)(O)C(O)c1cccc(I)c1. The Morgan fingerprint density at radius 1 is 1.38 bits per heavy atom. The minimum absolute atomic E-state index is 0.161. The van der Waals surface area contributed by atoms with E-state index in [0.29, 0.717) is 0 Å². The van der Waals surface area contributed by atoms with Gasteiger partial charge in [-0.2, -0.15) is 8.42 Å². The van der Waals surface area contributed by atoms with Crippen LogP contribution in [0.5, 0.6) is 0 Å². The van der Waals surface area contributed by atoms with E-state index in [-0.39, 0.29) is 5.56 Å². The smallest absolute Gasteiger partial charge is 0.296 e. The fraction of sp³-hybridized carbons (Fsp3) is 0.143. The second-order valence-corrected chi connectivity index (χ2v) is 5.14. The van der Waals surface area contributed by atoms with Crippen molar-refractivity contribution in [1.29, 1.82) is 0 Å². The van der Waals surface area contributed by atoms with Gasteiger partial charge in [-0.15, -0.1) is 0 Å². The maximum Gasteiger partial charge on any atom is 0.296 e. The third-order valence-electron chi connectivity index (χ3n) is 1.42. The molecular weight excluding hydrogens is 307 g/mol. The number of hydrogen-bond donors (Lipinski definition) is 2. The van der Waals surface area contributed by atoms with E-state index in [9.17, 15) is 8.42 Å². The molecule has 0 heterocycles. The third-order valence-corrected chi connectivity index (χ3v) is 2.92. The first-order valence-corrected chi connectivity index (χ1v) is 5.89. The second kappa shape index (κ2) is 3.91. The van der Waals surface area contributed by atoms with Crippen LogP contribution in [-0.2, 0) is 10.1 Å². The molecule has 0 radical (unpaired) electrons. The van der Waals surface area contributed by atoms with Crippen LogP contribution in [0, 0.1) is 3.57 Å². The maximum atomic E-state index is 10.5. The van der Waals surface area contributed by atoms with Gasteiger partial charge in [-0.05, 0) is 40.3 Å². The summed E-state index contributed by atoms with van der Waals surface area (Å²) in [6.07, 6.45) is 0. The van der Waals surface area contributed by atoms with E-state index in [0.717, 1.165) is 3.57 Å². The van der Waals surface area contributed by atoms with Crippen molar-refractivity contribution in [3.05, 3.63) is 33.4 Å². The van der Waals surface area contributed by atoms with Crippen LogP contribution in [0.15, 0.2) is 24.3 Å². The van der Waals surface area contributed by atoms with E-state index in [1.807, 2.05) is 22.6 Å². The van der Waals surface area contributed by atoms with Gasteiger partial charge < -0.3 is 5.11 Å². The lowest BCUT2D eigenvalue weighted by atomic mass is 10.2. The zero-order valence-electron chi connectivity index (χ0n) is 6.38. The maximum absolute atomic E-state index is 10.5. The molecule has 0 fully saturated rings. The number of benzene rings is 1. The zero-order chi connectivity index (χ0) is 10.1. The Morgan fingerprint density at radius 2 is 2.00 bits per heavy atom.